The monoisotopic (exact) mass is 1660 g/mol. The Labute approximate surface area is 749 Å². The van der Waals surface area contributed by atoms with Gasteiger partial charge in [-0.1, -0.05) is 231 Å². The second kappa shape index (κ2) is 32.0. The van der Waals surface area contributed by atoms with Crippen LogP contribution >= 0.6 is 0 Å². The van der Waals surface area contributed by atoms with E-state index < -0.39 is 6.17 Å². The quantitative estimate of drug-likeness (QED) is 0.0957. The van der Waals surface area contributed by atoms with Crippen molar-refractivity contribution in [3.63, 3.8) is 0 Å². The Morgan fingerprint density at radius 1 is 0.269 bits per heavy atom. The normalized spacial score (nSPS) is 13.2. The molecule has 8 aromatic heterocycles. The van der Waals surface area contributed by atoms with Gasteiger partial charge >= 0.3 is 0 Å². The molecule has 0 aliphatic carbocycles. The number of amidine groups is 2. The third-order valence-electron chi connectivity index (χ3n) is 25.4. The maximum absolute atomic E-state index is 5.65. The zero-order valence-electron chi connectivity index (χ0n) is 70.7. The van der Waals surface area contributed by atoms with Crippen LogP contribution in [0.15, 0.2) is 411 Å². The van der Waals surface area contributed by atoms with Crippen LogP contribution in [0.3, 0.4) is 0 Å². The molecule has 14 nitrogen and oxygen atoms in total. The van der Waals surface area contributed by atoms with E-state index >= 15 is 0 Å². The van der Waals surface area contributed by atoms with Crippen molar-refractivity contribution in [2.45, 2.75) is 6.17 Å². The summed E-state index contributed by atoms with van der Waals surface area (Å²) in [5.74, 6) is 2.49. The van der Waals surface area contributed by atoms with Crippen molar-refractivity contribution in [3.8, 4) is 135 Å². The zero-order chi connectivity index (χ0) is 86.3. The zero-order valence-corrected chi connectivity index (χ0v) is 70.7. The van der Waals surface area contributed by atoms with Crippen LogP contribution in [-0.2, 0) is 0 Å². The minimum absolute atomic E-state index is 0.394. The molecule has 0 bridgehead atoms. The van der Waals surface area contributed by atoms with Gasteiger partial charge in [0, 0.05) is 112 Å². The number of aromatic nitrogens is 10. The molecule has 0 N–H and O–H groups in total. The largest absolute Gasteiger partial charge is 0.370 e. The predicted octanol–water partition coefficient (Wildman–Crippen LogP) is 27.0. The molecule has 22 aromatic rings. The Morgan fingerprint density at radius 2 is 0.708 bits per heavy atom. The molecule has 10 heterocycles. The maximum atomic E-state index is 5.65. The van der Waals surface area contributed by atoms with Gasteiger partial charge in [0.25, 0.3) is 0 Å². The number of aliphatic imine (C=N–C) groups is 2. The first-order valence-corrected chi connectivity index (χ1v) is 43.6. The van der Waals surface area contributed by atoms with Crippen molar-refractivity contribution < 1.29 is 0 Å². The molecule has 14 aromatic carbocycles. The van der Waals surface area contributed by atoms with Gasteiger partial charge in [-0.05, 0) is 261 Å². The van der Waals surface area contributed by atoms with Crippen LogP contribution in [0.5, 0.6) is 0 Å². The average Bonchev–Trinajstić information content (AvgIpc) is 0.752. The van der Waals surface area contributed by atoms with Crippen LogP contribution in [0.25, 0.3) is 217 Å². The summed E-state index contributed by atoms with van der Waals surface area (Å²) in [4.78, 5) is 67.3. The highest BCUT2D eigenvalue weighted by Crippen LogP contribution is 2.44. The van der Waals surface area contributed by atoms with Gasteiger partial charge < -0.3 is 9.80 Å². The van der Waals surface area contributed by atoms with Crippen LogP contribution in [0, 0.1) is 0 Å². The smallest absolute Gasteiger partial charge is 0.183 e. The Bertz CT molecular complexity index is 8340. The van der Waals surface area contributed by atoms with Crippen LogP contribution in [0.1, 0.15) is 28.7 Å². The van der Waals surface area contributed by atoms with E-state index in [1.807, 2.05) is 79.6 Å². The number of nitrogens with zero attached hydrogens (tertiary/aromatic N) is 14. The summed E-state index contributed by atoms with van der Waals surface area (Å²) in [5.41, 5.74) is 28.2. The van der Waals surface area contributed by atoms with Gasteiger partial charge in [0.2, 0.25) is 0 Å². The molecule has 1 unspecified atom stereocenters. The average molecular weight is 1670 g/mol. The Morgan fingerprint density at radius 3 is 1.32 bits per heavy atom. The van der Waals surface area contributed by atoms with Crippen LogP contribution in [0.4, 0.5) is 5.69 Å². The van der Waals surface area contributed by atoms with Crippen molar-refractivity contribution in [3.05, 3.63) is 424 Å². The van der Waals surface area contributed by atoms with Crippen molar-refractivity contribution in [2.75, 3.05) is 25.5 Å². The molecular formula is C116H76N14. The topological polar surface area (TPSA) is 160 Å². The molecule has 0 radical (unpaired) electrons. The Balaban J connectivity index is 0.605. The van der Waals surface area contributed by atoms with Gasteiger partial charge in [-0.3, -0.25) is 29.9 Å². The molecule has 2 aliphatic heterocycles. The third-order valence-corrected chi connectivity index (χ3v) is 25.4. The predicted molar refractivity (Wildman–Crippen MR) is 531 cm³/mol. The second-order valence-corrected chi connectivity index (χ2v) is 33.3. The lowest BCUT2D eigenvalue weighted by molar-refractivity contribution is 0.382. The number of hydrogen-bond acceptors (Lipinski definition) is 14. The fourth-order valence-electron chi connectivity index (χ4n) is 18.9. The first kappa shape index (κ1) is 76.3. The van der Waals surface area contributed by atoms with Crippen molar-refractivity contribution in [2.24, 2.45) is 9.98 Å². The molecule has 130 heavy (non-hydrogen) atoms. The number of fused-ring (bicyclic) bond motifs is 8. The number of hydrogen-bond donors (Lipinski definition) is 0. The van der Waals surface area contributed by atoms with Gasteiger partial charge in [0.1, 0.15) is 22.8 Å². The first-order valence-electron chi connectivity index (χ1n) is 43.6. The van der Waals surface area contributed by atoms with Gasteiger partial charge in [0.05, 0.1) is 22.2 Å². The summed E-state index contributed by atoms with van der Waals surface area (Å²) in [6, 6.07) is 127. The highest BCUT2D eigenvalue weighted by molar-refractivity contribution is 6.19. The molecule has 0 saturated heterocycles. The van der Waals surface area contributed by atoms with E-state index in [0.29, 0.717) is 46.2 Å². The van der Waals surface area contributed by atoms with E-state index in [9.17, 15) is 0 Å². The standard InChI is InChI=1S/C116H76N14/c1-129-58-18-30-85-64-81(42-45-106(85)129)75-23-14-25-77(60-75)89-66-88(69-91(70-89)115-127-114(108-95-32-7-4-20-72(95)47-53-120-108)128-116(130(115)2)110-96-33-8-5-21-73(96)48-54-122-110)76-24-13-22-74(59-76)80-40-43-102-84(63-80)41-44-105(123-102)100-36-17-37-101-97(100)51-57-121-109(101)113-125-111(124-112(126-113)107-94-31-6-3-19-71(94)46-52-119-107)90-67-86(78-26-15-28-82(61-78)92-49-55-117-103-38-11-9-34-98(92)103)65-87(68-90)79-27-16-29-83(62-79)93-50-56-118-104-39-12-10-35-99(93)104/h3-57,59-70,115H,58H2,1-2H3. The molecule has 2 aliphatic rings. The number of anilines is 1. The van der Waals surface area contributed by atoms with Crippen LogP contribution in [-0.4, -0.2) is 87.1 Å². The molecule has 14 heteroatoms. The van der Waals surface area contributed by atoms with Crippen molar-refractivity contribution in [1.82, 2.24) is 54.7 Å². The lowest BCUT2D eigenvalue weighted by Gasteiger charge is -2.33. The summed E-state index contributed by atoms with van der Waals surface area (Å²) in [6.45, 7) is 0.880. The number of pyridine rings is 7. The molecule has 24 rings (SSSR count). The van der Waals surface area contributed by atoms with Gasteiger partial charge in [-0.25, -0.2) is 29.9 Å². The van der Waals surface area contributed by atoms with Crippen LogP contribution in [0.2, 0.25) is 0 Å². The molecular weight excluding hydrogens is 1590 g/mol. The second-order valence-electron chi connectivity index (χ2n) is 33.3. The number of para-hydroxylation sites is 2. The van der Waals surface area contributed by atoms with E-state index in [2.05, 4.69) is 351 Å². The van der Waals surface area contributed by atoms with Crippen molar-refractivity contribution in [1.29, 1.82) is 0 Å². The molecule has 0 saturated carbocycles. The molecule has 0 spiro atoms. The molecule has 0 amide bonds. The Hall–Kier alpha value is -17.4. The summed E-state index contributed by atoms with van der Waals surface area (Å²) < 4.78 is 0. The minimum Gasteiger partial charge on any atom is -0.370 e. The van der Waals surface area contributed by atoms with Gasteiger partial charge in [-0.2, -0.15) is 0 Å². The summed E-state index contributed by atoms with van der Waals surface area (Å²) in [7, 11) is 4.23. The lowest BCUT2D eigenvalue weighted by atomic mass is 9.91. The summed E-state index contributed by atoms with van der Waals surface area (Å²) >= 11 is 0. The number of likely N-dealkylation sites (N-methyl/N-ethyl adjacent to an activating group) is 1. The first-order chi connectivity index (χ1) is 64.2. The van der Waals surface area contributed by atoms with E-state index in [0.717, 1.165) is 199 Å². The maximum Gasteiger partial charge on any atom is 0.183 e. The molecule has 610 valence electrons. The van der Waals surface area contributed by atoms with E-state index in [4.69, 9.17) is 59.8 Å². The van der Waals surface area contributed by atoms with E-state index in [1.54, 1.807) is 0 Å². The number of benzene rings is 14. The van der Waals surface area contributed by atoms with Crippen molar-refractivity contribution >= 4 is 99.2 Å². The SMILES string of the molecule is CN1CC=Cc2cc(-c3cccc(-c4cc(-c5cccc(-c6ccc7nc(-c8cccc9c(-c%10nc(-c%11cc(-c%12cccc(-c%13ccnc%14ccccc%13%14)c%12)cc(-c%12cccc(-c%13ccnc%14ccccc%13%14)c%12)c%11)nc(-c%11nccc%12ccccc%11%12)n%10)nccc89)ccc7c6)c5)cc(C5N=C(c6nccc7ccccc67)N=C(c6nccc7ccccc67)N5C)c4)c3)ccc21. The highest BCUT2D eigenvalue weighted by atomic mass is 15.3. The molecule has 1 atom stereocenters. The highest BCUT2D eigenvalue weighted by Gasteiger charge is 2.32. The Kier molecular flexibility index (Phi) is 18.8. The van der Waals surface area contributed by atoms with Crippen LogP contribution < -0.4 is 4.90 Å². The lowest BCUT2D eigenvalue weighted by Crippen LogP contribution is -2.36. The van der Waals surface area contributed by atoms with Gasteiger partial charge in [0.15, 0.2) is 35.3 Å². The van der Waals surface area contributed by atoms with E-state index in [1.165, 1.54) is 11.3 Å². The third kappa shape index (κ3) is 14.0. The fraction of sp³-hybridized carbons (Fsp3) is 0.0345. The summed E-state index contributed by atoms with van der Waals surface area (Å²) in [6.07, 6.45) is 15.1. The minimum atomic E-state index is -0.557. The number of rotatable bonds is 15. The summed E-state index contributed by atoms with van der Waals surface area (Å²) in [5, 5.41) is 10.9. The fourth-order valence-corrected chi connectivity index (χ4v) is 18.9. The van der Waals surface area contributed by atoms with E-state index in [-0.39, 0.29) is 0 Å². The van der Waals surface area contributed by atoms with Gasteiger partial charge in [-0.15, -0.1) is 0 Å². The molecule has 0 fully saturated rings.